The Balaban J connectivity index is 0.00000312. The Bertz CT molecular complexity index is 541. The molecule has 0 aromatic carbocycles. The van der Waals surface area contributed by atoms with Crippen LogP contribution in [0.1, 0.15) is 25.7 Å². The first kappa shape index (κ1) is 22.2. The van der Waals surface area contributed by atoms with Crippen molar-refractivity contribution in [1.82, 2.24) is 15.6 Å². The third-order valence-corrected chi connectivity index (χ3v) is 4.75. The Morgan fingerprint density at radius 2 is 2.16 bits per heavy atom. The molecule has 8 heteroatoms. The van der Waals surface area contributed by atoms with Crippen molar-refractivity contribution in [2.45, 2.75) is 25.7 Å². The van der Waals surface area contributed by atoms with Crippen LogP contribution in [-0.4, -0.2) is 51.4 Å². The van der Waals surface area contributed by atoms with Gasteiger partial charge in [0.25, 0.3) is 0 Å². The molecule has 142 valence electrons. The number of aliphatic imine (C=N–C) groups is 1. The monoisotopic (exact) mass is 482 g/mol. The lowest BCUT2D eigenvalue weighted by atomic mass is 9.67. The van der Waals surface area contributed by atoms with Crippen molar-refractivity contribution in [3.63, 3.8) is 0 Å². The summed E-state index contributed by atoms with van der Waals surface area (Å²) in [5, 5.41) is 7.18. The van der Waals surface area contributed by atoms with Crippen LogP contribution >= 0.6 is 35.6 Å². The van der Waals surface area contributed by atoms with Gasteiger partial charge in [-0.3, -0.25) is 4.99 Å². The molecule has 1 aromatic heterocycles. The highest BCUT2D eigenvalue weighted by molar-refractivity contribution is 14.0. The number of aromatic nitrogens is 1. The lowest BCUT2D eigenvalue weighted by molar-refractivity contribution is 0.0732. The van der Waals surface area contributed by atoms with E-state index in [9.17, 15) is 0 Å². The summed E-state index contributed by atoms with van der Waals surface area (Å²) in [4.78, 5) is 8.35. The van der Waals surface area contributed by atoms with E-state index in [-0.39, 0.29) is 24.0 Å². The molecule has 0 aliphatic heterocycles. The molecule has 1 saturated carbocycles. The standard InChI is InChI=1S/C17H27ClN4O2.HI/c1-19-16(22-13-17(6-4-7-17)8-11-23-2)21-10-12-24-15-14(18)5-3-9-20-15;/h3,5,9H,4,6-8,10-13H2,1-2H3,(H2,19,21,22);1H. The molecule has 0 spiro atoms. The van der Waals surface area contributed by atoms with Gasteiger partial charge >= 0.3 is 0 Å². The van der Waals surface area contributed by atoms with Crippen LogP contribution in [0.2, 0.25) is 5.02 Å². The number of nitrogens with zero attached hydrogens (tertiary/aromatic N) is 2. The van der Waals surface area contributed by atoms with Crippen LogP contribution in [0.3, 0.4) is 0 Å². The summed E-state index contributed by atoms with van der Waals surface area (Å²) in [6.45, 7) is 2.82. The molecule has 0 amide bonds. The van der Waals surface area contributed by atoms with E-state index in [0.29, 0.717) is 29.5 Å². The molecule has 25 heavy (non-hydrogen) atoms. The van der Waals surface area contributed by atoms with Crippen LogP contribution in [0.4, 0.5) is 0 Å². The van der Waals surface area contributed by atoms with E-state index >= 15 is 0 Å². The molecule has 1 aliphatic rings. The summed E-state index contributed by atoms with van der Waals surface area (Å²) < 4.78 is 10.8. The number of hydrogen-bond donors (Lipinski definition) is 2. The highest BCUT2D eigenvalue weighted by Crippen LogP contribution is 2.43. The molecule has 0 radical (unpaired) electrons. The van der Waals surface area contributed by atoms with Gasteiger partial charge in [-0.25, -0.2) is 4.98 Å². The smallest absolute Gasteiger partial charge is 0.232 e. The molecule has 1 aromatic rings. The first-order valence-corrected chi connectivity index (χ1v) is 8.74. The van der Waals surface area contributed by atoms with Crippen LogP contribution in [0.15, 0.2) is 23.3 Å². The topological polar surface area (TPSA) is 67.8 Å². The molecule has 0 bridgehead atoms. The average Bonchev–Trinajstić information content (AvgIpc) is 2.56. The summed E-state index contributed by atoms with van der Waals surface area (Å²) in [5.41, 5.74) is 0.353. The largest absolute Gasteiger partial charge is 0.475 e. The third kappa shape index (κ3) is 7.15. The lowest BCUT2D eigenvalue weighted by Crippen LogP contribution is -2.47. The summed E-state index contributed by atoms with van der Waals surface area (Å²) in [5.74, 6) is 1.24. The first-order valence-electron chi connectivity index (χ1n) is 8.36. The zero-order valence-electron chi connectivity index (χ0n) is 14.9. The van der Waals surface area contributed by atoms with Gasteiger partial charge in [-0.2, -0.15) is 0 Å². The highest BCUT2D eigenvalue weighted by Gasteiger charge is 2.36. The van der Waals surface area contributed by atoms with Crippen LogP contribution in [0.5, 0.6) is 5.88 Å². The van der Waals surface area contributed by atoms with E-state index in [1.54, 1.807) is 32.5 Å². The van der Waals surface area contributed by atoms with E-state index in [0.717, 1.165) is 25.5 Å². The number of halogens is 2. The van der Waals surface area contributed by atoms with E-state index in [1.807, 2.05) is 0 Å². The Hall–Kier alpha value is -0.800. The molecule has 2 rings (SSSR count). The van der Waals surface area contributed by atoms with E-state index in [2.05, 4.69) is 20.6 Å². The molecule has 0 atom stereocenters. The van der Waals surface area contributed by atoms with Crippen LogP contribution in [0.25, 0.3) is 0 Å². The zero-order chi connectivity index (χ0) is 17.3. The van der Waals surface area contributed by atoms with Crippen molar-refractivity contribution in [3.8, 4) is 5.88 Å². The predicted molar refractivity (Wildman–Crippen MR) is 112 cm³/mol. The summed E-state index contributed by atoms with van der Waals surface area (Å²) in [6.07, 6.45) is 6.56. The molecule has 1 fully saturated rings. The van der Waals surface area contributed by atoms with Crippen molar-refractivity contribution >= 4 is 41.5 Å². The predicted octanol–water partition coefficient (Wildman–Crippen LogP) is 3.10. The van der Waals surface area contributed by atoms with Gasteiger partial charge in [0.2, 0.25) is 5.88 Å². The zero-order valence-corrected chi connectivity index (χ0v) is 18.0. The summed E-state index contributed by atoms with van der Waals surface area (Å²) in [7, 11) is 3.53. The second-order valence-electron chi connectivity index (χ2n) is 6.09. The van der Waals surface area contributed by atoms with Crippen molar-refractivity contribution in [3.05, 3.63) is 23.4 Å². The average molecular weight is 483 g/mol. The van der Waals surface area contributed by atoms with Crippen molar-refractivity contribution in [2.24, 2.45) is 10.4 Å². The first-order chi connectivity index (χ1) is 11.7. The molecular formula is C17H28ClIN4O2. The quantitative estimate of drug-likeness (QED) is 0.245. The van der Waals surface area contributed by atoms with E-state index < -0.39 is 0 Å². The number of pyridine rings is 1. The maximum Gasteiger partial charge on any atom is 0.232 e. The fraction of sp³-hybridized carbons (Fsp3) is 0.647. The van der Waals surface area contributed by atoms with Gasteiger partial charge in [-0.15, -0.1) is 24.0 Å². The number of methoxy groups -OCH3 is 1. The number of rotatable bonds is 9. The molecule has 6 nitrogen and oxygen atoms in total. The second-order valence-corrected chi connectivity index (χ2v) is 6.49. The van der Waals surface area contributed by atoms with Crippen molar-refractivity contribution in [2.75, 3.05) is 40.5 Å². The molecule has 1 heterocycles. The molecule has 0 saturated heterocycles. The second kappa shape index (κ2) is 11.7. The van der Waals surface area contributed by atoms with Crippen molar-refractivity contribution < 1.29 is 9.47 Å². The number of guanidine groups is 1. The van der Waals surface area contributed by atoms with Crippen LogP contribution in [-0.2, 0) is 4.74 Å². The normalized spacial score (nSPS) is 15.7. The summed E-state index contributed by atoms with van der Waals surface area (Å²) >= 11 is 6.00. The number of ether oxygens (including phenoxy) is 2. The van der Waals surface area contributed by atoms with Gasteiger partial charge < -0.3 is 20.1 Å². The van der Waals surface area contributed by atoms with Gasteiger partial charge in [0.05, 0.1) is 6.54 Å². The highest BCUT2D eigenvalue weighted by atomic mass is 127. The Morgan fingerprint density at radius 3 is 2.76 bits per heavy atom. The number of nitrogens with one attached hydrogen (secondary N) is 2. The molecular weight excluding hydrogens is 455 g/mol. The molecule has 0 unspecified atom stereocenters. The number of hydrogen-bond acceptors (Lipinski definition) is 4. The molecule has 1 aliphatic carbocycles. The van der Waals surface area contributed by atoms with Gasteiger partial charge in [0.15, 0.2) is 5.96 Å². The van der Waals surface area contributed by atoms with Gasteiger partial charge in [-0.05, 0) is 36.8 Å². The van der Waals surface area contributed by atoms with E-state index in [1.165, 1.54) is 19.3 Å². The minimum atomic E-state index is 0. The maximum absolute atomic E-state index is 6.00. The summed E-state index contributed by atoms with van der Waals surface area (Å²) in [6, 6.07) is 3.54. The van der Waals surface area contributed by atoms with Gasteiger partial charge in [0, 0.05) is 33.5 Å². The molecule has 2 N–H and O–H groups in total. The maximum atomic E-state index is 6.00. The Kier molecular flexibility index (Phi) is 10.4. The third-order valence-electron chi connectivity index (χ3n) is 4.46. The minimum Gasteiger partial charge on any atom is -0.475 e. The van der Waals surface area contributed by atoms with E-state index in [4.69, 9.17) is 21.1 Å². The SMILES string of the molecule is CN=C(NCCOc1ncccc1Cl)NCC1(CCOC)CCC1.I. The van der Waals surface area contributed by atoms with Crippen LogP contribution in [0, 0.1) is 5.41 Å². The van der Waals surface area contributed by atoms with Crippen molar-refractivity contribution in [1.29, 1.82) is 0 Å². The Labute approximate surface area is 172 Å². The van der Waals surface area contributed by atoms with Gasteiger partial charge in [0.1, 0.15) is 11.6 Å². The lowest BCUT2D eigenvalue weighted by Gasteiger charge is -2.42. The van der Waals surface area contributed by atoms with Crippen LogP contribution < -0.4 is 15.4 Å². The Morgan fingerprint density at radius 1 is 1.36 bits per heavy atom. The fourth-order valence-electron chi connectivity index (χ4n) is 2.80. The van der Waals surface area contributed by atoms with Gasteiger partial charge in [-0.1, -0.05) is 18.0 Å². The minimum absolute atomic E-state index is 0. The fourth-order valence-corrected chi connectivity index (χ4v) is 2.97.